The van der Waals surface area contributed by atoms with Gasteiger partial charge in [0.1, 0.15) is 0 Å². The third-order valence-electron chi connectivity index (χ3n) is 4.13. The lowest BCUT2D eigenvalue weighted by Crippen LogP contribution is -2.50. The molecule has 0 aromatic rings. The smallest absolute Gasteiger partial charge is 0.305 e. The number of hydrogen-bond donors (Lipinski definition) is 2. The summed E-state index contributed by atoms with van der Waals surface area (Å²) >= 11 is 0. The topological polar surface area (TPSA) is 49.3 Å². The van der Waals surface area contributed by atoms with Crippen LogP contribution in [0.2, 0.25) is 0 Å². The average Bonchev–Trinajstić information content (AvgIpc) is 2.58. The van der Waals surface area contributed by atoms with Crippen LogP contribution in [0.3, 0.4) is 0 Å². The standard InChI is InChI=1S/C12H23NO2/c1-4-11(5-2)7-8-12(6-3,13-11)9-10(14)15/h13H,4-9H2,1-3H3,(H,14,15). The van der Waals surface area contributed by atoms with E-state index in [1.165, 1.54) is 0 Å². The van der Waals surface area contributed by atoms with Gasteiger partial charge in [0.05, 0.1) is 6.42 Å². The molecular formula is C12H23NO2. The van der Waals surface area contributed by atoms with Crippen LogP contribution in [0.1, 0.15) is 59.3 Å². The Labute approximate surface area is 92.3 Å². The van der Waals surface area contributed by atoms with Crippen LogP contribution in [0.4, 0.5) is 0 Å². The van der Waals surface area contributed by atoms with Crippen molar-refractivity contribution in [2.24, 2.45) is 0 Å². The zero-order valence-corrected chi connectivity index (χ0v) is 10.1. The van der Waals surface area contributed by atoms with Crippen LogP contribution in [0.5, 0.6) is 0 Å². The highest BCUT2D eigenvalue weighted by Gasteiger charge is 2.45. The molecule has 1 heterocycles. The number of aliphatic carboxylic acids is 1. The van der Waals surface area contributed by atoms with Crippen LogP contribution < -0.4 is 5.32 Å². The molecule has 1 aliphatic rings. The number of carboxylic acid groups (broad SMARTS) is 1. The van der Waals surface area contributed by atoms with Gasteiger partial charge in [-0.15, -0.1) is 0 Å². The van der Waals surface area contributed by atoms with Gasteiger partial charge in [-0.05, 0) is 32.1 Å². The van der Waals surface area contributed by atoms with Gasteiger partial charge in [0, 0.05) is 11.1 Å². The van der Waals surface area contributed by atoms with Gasteiger partial charge in [0.15, 0.2) is 0 Å². The Kier molecular flexibility index (Phi) is 3.77. The molecule has 0 aromatic heterocycles. The predicted octanol–water partition coefficient (Wildman–Crippen LogP) is 2.55. The van der Waals surface area contributed by atoms with Crippen molar-refractivity contribution in [3.8, 4) is 0 Å². The second kappa shape index (κ2) is 4.52. The lowest BCUT2D eigenvalue weighted by atomic mass is 9.89. The lowest BCUT2D eigenvalue weighted by Gasteiger charge is -2.34. The van der Waals surface area contributed by atoms with Crippen LogP contribution in [-0.4, -0.2) is 22.2 Å². The van der Waals surface area contributed by atoms with Gasteiger partial charge in [0.2, 0.25) is 0 Å². The monoisotopic (exact) mass is 213 g/mol. The molecule has 0 radical (unpaired) electrons. The first kappa shape index (κ1) is 12.5. The molecule has 1 fully saturated rings. The fraction of sp³-hybridized carbons (Fsp3) is 0.917. The fourth-order valence-corrected chi connectivity index (χ4v) is 2.76. The Balaban J connectivity index is 2.75. The van der Waals surface area contributed by atoms with Crippen molar-refractivity contribution in [3.63, 3.8) is 0 Å². The number of carbonyl (C=O) groups is 1. The summed E-state index contributed by atoms with van der Waals surface area (Å²) in [6.07, 6.45) is 5.45. The largest absolute Gasteiger partial charge is 0.481 e. The first-order valence-electron chi connectivity index (χ1n) is 6.02. The van der Waals surface area contributed by atoms with Gasteiger partial charge in [-0.3, -0.25) is 4.79 Å². The van der Waals surface area contributed by atoms with Crippen molar-refractivity contribution in [2.45, 2.75) is 70.4 Å². The van der Waals surface area contributed by atoms with Gasteiger partial charge < -0.3 is 10.4 Å². The summed E-state index contributed by atoms with van der Waals surface area (Å²) in [5, 5.41) is 12.6. The molecule has 88 valence electrons. The Morgan fingerprint density at radius 2 is 1.60 bits per heavy atom. The molecule has 15 heavy (non-hydrogen) atoms. The minimum Gasteiger partial charge on any atom is -0.481 e. The third kappa shape index (κ3) is 2.51. The second-order valence-corrected chi connectivity index (χ2v) is 4.82. The number of nitrogens with one attached hydrogen (secondary N) is 1. The summed E-state index contributed by atoms with van der Waals surface area (Å²) in [6.45, 7) is 6.45. The zero-order valence-electron chi connectivity index (χ0n) is 10.1. The molecule has 1 aliphatic heterocycles. The van der Waals surface area contributed by atoms with E-state index in [-0.39, 0.29) is 17.5 Å². The number of rotatable bonds is 5. The Morgan fingerprint density at radius 3 is 1.93 bits per heavy atom. The maximum Gasteiger partial charge on any atom is 0.305 e. The van der Waals surface area contributed by atoms with Gasteiger partial charge >= 0.3 is 5.97 Å². The molecule has 1 rings (SSSR count). The van der Waals surface area contributed by atoms with Crippen molar-refractivity contribution in [1.29, 1.82) is 0 Å². The highest BCUT2D eigenvalue weighted by Crippen LogP contribution is 2.39. The minimum absolute atomic E-state index is 0.155. The molecule has 0 bridgehead atoms. The van der Waals surface area contributed by atoms with Gasteiger partial charge in [-0.2, -0.15) is 0 Å². The summed E-state index contributed by atoms with van der Waals surface area (Å²) < 4.78 is 0. The molecule has 0 aliphatic carbocycles. The summed E-state index contributed by atoms with van der Waals surface area (Å²) in [5.41, 5.74) is 0.0311. The van der Waals surface area contributed by atoms with E-state index in [1.807, 2.05) is 0 Å². The predicted molar refractivity (Wildman–Crippen MR) is 61.0 cm³/mol. The molecule has 0 amide bonds. The summed E-state index contributed by atoms with van der Waals surface area (Å²) in [7, 11) is 0. The van der Waals surface area contributed by atoms with E-state index in [4.69, 9.17) is 5.11 Å². The van der Waals surface area contributed by atoms with Crippen molar-refractivity contribution in [1.82, 2.24) is 5.32 Å². The van der Waals surface area contributed by atoms with Crippen LogP contribution in [0.15, 0.2) is 0 Å². The van der Waals surface area contributed by atoms with Gasteiger partial charge in [-0.25, -0.2) is 0 Å². The highest BCUT2D eigenvalue weighted by molar-refractivity contribution is 5.68. The zero-order chi connectivity index (χ0) is 11.5. The van der Waals surface area contributed by atoms with E-state index in [1.54, 1.807) is 0 Å². The van der Waals surface area contributed by atoms with Crippen molar-refractivity contribution < 1.29 is 9.90 Å². The average molecular weight is 213 g/mol. The summed E-state index contributed by atoms with van der Waals surface area (Å²) in [4.78, 5) is 10.9. The van der Waals surface area contributed by atoms with Crippen molar-refractivity contribution in [2.75, 3.05) is 0 Å². The maximum absolute atomic E-state index is 10.9. The quantitative estimate of drug-likeness (QED) is 0.738. The summed E-state index contributed by atoms with van der Waals surface area (Å²) in [6, 6.07) is 0. The molecule has 1 unspecified atom stereocenters. The van der Waals surface area contributed by atoms with Crippen LogP contribution in [0, 0.1) is 0 Å². The second-order valence-electron chi connectivity index (χ2n) is 4.82. The van der Waals surface area contributed by atoms with Crippen LogP contribution in [-0.2, 0) is 4.79 Å². The minimum atomic E-state index is -0.688. The highest BCUT2D eigenvalue weighted by atomic mass is 16.4. The molecular weight excluding hydrogens is 190 g/mol. The Bertz CT molecular complexity index is 236. The van der Waals surface area contributed by atoms with E-state index in [2.05, 4.69) is 26.1 Å². The molecule has 0 spiro atoms. The Morgan fingerprint density at radius 1 is 1.13 bits per heavy atom. The number of hydrogen-bond acceptors (Lipinski definition) is 2. The van der Waals surface area contributed by atoms with Crippen LogP contribution in [0.25, 0.3) is 0 Å². The SMILES string of the molecule is CCC1(CC)CCC(CC)(CC(=O)O)N1. The third-order valence-corrected chi connectivity index (χ3v) is 4.13. The van der Waals surface area contributed by atoms with E-state index < -0.39 is 5.97 Å². The summed E-state index contributed by atoms with van der Waals surface area (Å²) in [5.74, 6) is -0.688. The van der Waals surface area contributed by atoms with Crippen molar-refractivity contribution in [3.05, 3.63) is 0 Å². The maximum atomic E-state index is 10.9. The molecule has 3 heteroatoms. The van der Waals surface area contributed by atoms with Gasteiger partial charge in [0.25, 0.3) is 0 Å². The first-order valence-corrected chi connectivity index (χ1v) is 6.02. The fourth-order valence-electron chi connectivity index (χ4n) is 2.76. The molecule has 2 N–H and O–H groups in total. The van der Waals surface area contributed by atoms with Gasteiger partial charge in [-0.1, -0.05) is 20.8 Å². The van der Waals surface area contributed by atoms with Crippen molar-refractivity contribution >= 4 is 5.97 Å². The first-order chi connectivity index (χ1) is 7.01. The Hall–Kier alpha value is -0.570. The lowest BCUT2D eigenvalue weighted by molar-refractivity contribution is -0.138. The van der Waals surface area contributed by atoms with E-state index in [0.717, 1.165) is 32.1 Å². The van der Waals surface area contributed by atoms with Crippen LogP contribution >= 0.6 is 0 Å². The normalized spacial score (nSPS) is 29.3. The molecule has 3 nitrogen and oxygen atoms in total. The van der Waals surface area contributed by atoms with E-state index in [9.17, 15) is 4.79 Å². The molecule has 1 atom stereocenters. The van der Waals surface area contributed by atoms with E-state index >= 15 is 0 Å². The molecule has 0 saturated carbocycles. The molecule has 1 saturated heterocycles. The molecule has 0 aromatic carbocycles. The number of carboxylic acids is 1. The van der Waals surface area contributed by atoms with E-state index in [0.29, 0.717) is 0 Å².